The number of aliphatic hydroxyl groups excluding tert-OH is 1. The molecule has 6 nitrogen and oxygen atoms in total. The summed E-state index contributed by atoms with van der Waals surface area (Å²) in [7, 11) is -3.58. The molecule has 0 amide bonds. The van der Waals surface area contributed by atoms with Crippen LogP contribution in [0.2, 0.25) is 0 Å². The Hall–Kier alpha value is -1.59. The average Bonchev–Trinajstić information content (AvgIpc) is 2.48. The minimum Gasteiger partial charge on any atom is -0.384 e. The van der Waals surface area contributed by atoms with Crippen molar-refractivity contribution in [2.24, 2.45) is 0 Å². The maximum absolute atomic E-state index is 12.2. The number of benzene rings is 1. The number of nitrogens with zero attached hydrogens (tertiary/aromatic N) is 1. The average molecular weight is 310 g/mol. The summed E-state index contributed by atoms with van der Waals surface area (Å²) < 4.78 is 33.5. The van der Waals surface area contributed by atoms with Crippen molar-refractivity contribution in [2.75, 3.05) is 37.6 Å². The lowest BCUT2D eigenvalue weighted by Gasteiger charge is -2.26. The van der Waals surface area contributed by atoms with Crippen molar-refractivity contribution in [2.45, 2.75) is 6.92 Å². The smallest absolute Gasteiger partial charge is 0.301 e. The highest BCUT2D eigenvalue weighted by atomic mass is 32.2. The van der Waals surface area contributed by atoms with Crippen LogP contribution in [-0.4, -0.2) is 50.7 Å². The van der Waals surface area contributed by atoms with Gasteiger partial charge in [-0.1, -0.05) is 17.9 Å². The van der Waals surface area contributed by atoms with Crippen molar-refractivity contribution >= 4 is 15.9 Å². The maximum Gasteiger partial charge on any atom is 0.301 e. The molecule has 0 atom stereocenters. The summed E-state index contributed by atoms with van der Waals surface area (Å²) in [5, 5.41) is 8.74. The fourth-order valence-corrected chi connectivity index (χ4v) is 3.14. The van der Waals surface area contributed by atoms with Gasteiger partial charge in [0.25, 0.3) is 0 Å². The van der Waals surface area contributed by atoms with Gasteiger partial charge in [0, 0.05) is 18.7 Å². The SMILES string of the molecule is Cc1ccc(NS(=O)(=O)N2CCOCC2)cc1C#CCO. The van der Waals surface area contributed by atoms with Crippen molar-refractivity contribution in [3.8, 4) is 11.8 Å². The summed E-state index contributed by atoms with van der Waals surface area (Å²) in [5.41, 5.74) is 2.06. The summed E-state index contributed by atoms with van der Waals surface area (Å²) in [6.07, 6.45) is 0. The molecular formula is C14H18N2O4S. The van der Waals surface area contributed by atoms with Gasteiger partial charge in [0.15, 0.2) is 0 Å². The van der Waals surface area contributed by atoms with Gasteiger partial charge in [-0.3, -0.25) is 4.72 Å². The first kappa shape index (κ1) is 15.8. The standard InChI is InChI=1S/C14H18N2O4S/c1-12-4-5-14(11-13(12)3-2-8-17)15-21(18,19)16-6-9-20-10-7-16/h4-5,11,15,17H,6-10H2,1H3. The van der Waals surface area contributed by atoms with Crippen LogP contribution in [0.4, 0.5) is 5.69 Å². The number of hydrogen-bond donors (Lipinski definition) is 2. The van der Waals surface area contributed by atoms with Crippen LogP contribution >= 0.6 is 0 Å². The van der Waals surface area contributed by atoms with Crippen molar-refractivity contribution in [3.63, 3.8) is 0 Å². The Kier molecular flexibility index (Phi) is 5.20. The molecule has 0 bridgehead atoms. The summed E-state index contributed by atoms with van der Waals surface area (Å²) in [6, 6.07) is 5.14. The minimum absolute atomic E-state index is 0.233. The lowest BCUT2D eigenvalue weighted by Crippen LogP contribution is -2.43. The topological polar surface area (TPSA) is 78.9 Å². The minimum atomic E-state index is -3.58. The van der Waals surface area contributed by atoms with Gasteiger partial charge in [0.05, 0.1) is 18.9 Å². The first-order valence-corrected chi connectivity index (χ1v) is 8.03. The third kappa shape index (κ3) is 4.19. The molecular weight excluding hydrogens is 292 g/mol. The van der Waals surface area contributed by atoms with Crippen LogP contribution in [0.3, 0.4) is 0 Å². The van der Waals surface area contributed by atoms with E-state index < -0.39 is 10.2 Å². The number of aliphatic hydroxyl groups is 1. The lowest BCUT2D eigenvalue weighted by molar-refractivity contribution is 0.0733. The van der Waals surface area contributed by atoms with E-state index in [9.17, 15) is 8.42 Å². The first-order valence-electron chi connectivity index (χ1n) is 6.59. The fraction of sp³-hybridized carbons (Fsp3) is 0.429. The molecule has 0 aromatic heterocycles. The first-order chi connectivity index (χ1) is 10.0. The van der Waals surface area contributed by atoms with E-state index in [1.165, 1.54) is 4.31 Å². The Balaban J connectivity index is 2.18. The van der Waals surface area contributed by atoms with Gasteiger partial charge in [0.1, 0.15) is 6.61 Å². The van der Waals surface area contributed by atoms with E-state index in [2.05, 4.69) is 16.6 Å². The van der Waals surface area contributed by atoms with Gasteiger partial charge in [-0.25, -0.2) is 0 Å². The van der Waals surface area contributed by atoms with E-state index >= 15 is 0 Å². The molecule has 2 N–H and O–H groups in total. The highest BCUT2D eigenvalue weighted by Crippen LogP contribution is 2.17. The number of aryl methyl sites for hydroxylation is 1. The number of ether oxygens (including phenoxy) is 1. The molecule has 0 spiro atoms. The number of rotatable bonds is 3. The molecule has 7 heteroatoms. The zero-order valence-electron chi connectivity index (χ0n) is 11.8. The van der Waals surface area contributed by atoms with Crippen molar-refractivity contribution in [1.82, 2.24) is 4.31 Å². The number of nitrogens with one attached hydrogen (secondary N) is 1. The van der Waals surface area contributed by atoms with Crippen LogP contribution in [0.5, 0.6) is 0 Å². The lowest BCUT2D eigenvalue weighted by atomic mass is 10.1. The molecule has 0 saturated carbocycles. The molecule has 1 fully saturated rings. The molecule has 0 aliphatic carbocycles. The van der Waals surface area contributed by atoms with E-state index in [4.69, 9.17) is 9.84 Å². The molecule has 0 radical (unpaired) electrons. The van der Waals surface area contributed by atoms with Gasteiger partial charge in [0.2, 0.25) is 0 Å². The van der Waals surface area contributed by atoms with Crippen LogP contribution < -0.4 is 4.72 Å². The third-order valence-electron chi connectivity index (χ3n) is 3.10. The Morgan fingerprint density at radius 3 is 2.76 bits per heavy atom. The molecule has 0 unspecified atom stereocenters. The summed E-state index contributed by atoms with van der Waals surface area (Å²) in [6.45, 7) is 3.14. The zero-order chi connectivity index (χ0) is 15.3. The van der Waals surface area contributed by atoms with Gasteiger partial charge < -0.3 is 9.84 Å². The third-order valence-corrected chi connectivity index (χ3v) is 4.64. The van der Waals surface area contributed by atoms with Crippen molar-refractivity contribution in [1.29, 1.82) is 0 Å². The number of anilines is 1. The Morgan fingerprint density at radius 2 is 2.10 bits per heavy atom. The van der Waals surface area contributed by atoms with Crippen LogP contribution in [0, 0.1) is 18.8 Å². The fourth-order valence-electron chi connectivity index (χ4n) is 1.96. The maximum atomic E-state index is 12.2. The van der Waals surface area contributed by atoms with E-state index in [0.29, 0.717) is 37.6 Å². The van der Waals surface area contributed by atoms with Crippen LogP contribution in [0.1, 0.15) is 11.1 Å². The molecule has 1 aromatic carbocycles. The van der Waals surface area contributed by atoms with Crippen molar-refractivity contribution in [3.05, 3.63) is 29.3 Å². The second kappa shape index (κ2) is 6.91. The molecule has 1 saturated heterocycles. The van der Waals surface area contributed by atoms with Gasteiger partial charge >= 0.3 is 10.2 Å². The number of hydrogen-bond acceptors (Lipinski definition) is 4. The molecule has 1 aliphatic rings. The molecule has 1 heterocycles. The summed E-state index contributed by atoms with van der Waals surface area (Å²) >= 11 is 0. The van der Waals surface area contributed by atoms with Crippen molar-refractivity contribution < 1.29 is 18.3 Å². The highest BCUT2D eigenvalue weighted by molar-refractivity contribution is 7.90. The normalized spacial score (nSPS) is 16.1. The molecule has 1 aromatic rings. The molecule has 21 heavy (non-hydrogen) atoms. The van der Waals surface area contributed by atoms with Crippen LogP contribution in [-0.2, 0) is 14.9 Å². The predicted octanol–water partition coefficient (Wildman–Crippen LogP) is 0.328. The number of morpholine rings is 1. The van der Waals surface area contributed by atoms with Gasteiger partial charge in [-0.05, 0) is 24.6 Å². The quantitative estimate of drug-likeness (QED) is 0.789. The van der Waals surface area contributed by atoms with E-state index in [0.717, 1.165) is 5.56 Å². The highest BCUT2D eigenvalue weighted by Gasteiger charge is 2.24. The summed E-state index contributed by atoms with van der Waals surface area (Å²) in [4.78, 5) is 0. The Bertz CT molecular complexity index is 655. The van der Waals surface area contributed by atoms with E-state index in [-0.39, 0.29) is 6.61 Å². The van der Waals surface area contributed by atoms with E-state index in [1.807, 2.05) is 6.92 Å². The second-order valence-corrected chi connectivity index (χ2v) is 6.28. The van der Waals surface area contributed by atoms with Gasteiger partial charge in [-0.15, -0.1) is 0 Å². The monoisotopic (exact) mass is 310 g/mol. The Labute approximate surface area is 124 Å². The molecule has 114 valence electrons. The summed E-state index contributed by atoms with van der Waals surface area (Å²) in [5.74, 6) is 5.36. The zero-order valence-corrected chi connectivity index (χ0v) is 12.6. The Morgan fingerprint density at radius 1 is 1.38 bits per heavy atom. The van der Waals surface area contributed by atoms with Crippen LogP contribution in [0.25, 0.3) is 0 Å². The molecule has 2 rings (SSSR count). The largest absolute Gasteiger partial charge is 0.384 e. The second-order valence-electron chi connectivity index (χ2n) is 4.61. The predicted molar refractivity (Wildman–Crippen MR) is 80.1 cm³/mol. The van der Waals surface area contributed by atoms with Crippen LogP contribution in [0.15, 0.2) is 18.2 Å². The van der Waals surface area contributed by atoms with E-state index in [1.54, 1.807) is 18.2 Å². The molecule has 1 aliphatic heterocycles. The van der Waals surface area contributed by atoms with Gasteiger partial charge in [-0.2, -0.15) is 12.7 Å².